The lowest BCUT2D eigenvalue weighted by Gasteiger charge is -2.07. The van der Waals surface area contributed by atoms with E-state index >= 15 is 0 Å². The van der Waals surface area contributed by atoms with Gasteiger partial charge in [0.1, 0.15) is 0 Å². The van der Waals surface area contributed by atoms with Crippen LogP contribution >= 0.6 is 15.9 Å². The Hall–Kier alpha value is -2.14. The van der Waals surface area contributed by atoms with Crippen LogP contribution < -0.4 is 10.6 Å². The molecular weight excluding hydrogens is 380 g/mol. The summed E-state index contributed by atoms with van der Waals surface area (Å²) in [4.78, 5) is 23.8. The number of hydrogen-bond donors (Lipinski definition) is 2. The number of anilines is 1. The molecular formula is C20H23BrN2O2. The summed E-state index contributed by atoms with van der Waals surface area (Å²) < 4.78 is 0.952. The Balaban J connectivity index is 1.57. The third kappa shape index (κ3) is 7.10. The second kappa shape index (κ2) is 9.99. The van der Waals surface area contributed by atoms with E-state index in [4.69, 9.17) is 0 Å². The maximum absolute atomic E-state index is 11.9. The molecule has 0 unspecified atom stereocenters. The monoisotopic (exact) mass is 402 g/mol. The lowest BCUT2D eigenvalue weighted by Crippen LogP contribution is -2.24. The van der Waals surface area contributed by atoms with E-state index in [0.29, 0.717) is 18.5 Å². The summed E-state index contributed by atoms with van der Waals surface area (Å²) in [5.74, 6) is -0.0348. The fraction of sp³-hybridized carbons (Fsp3) is 0.300. The number of halogens is 1. The van der Waals surface area contributed by atoms with E-state index in [1.54, 1.807) is 12.1 Å². The first-order chi connectivity index (χ1) is 12.0. The van der Waals surface area contributed by atoms with Gasteiger partial charge in [0, 0.05) is 28.7 Å². The van der Waals surface area contributed by atoms with Crippen molar-refractivity contribution in [3.05, 3.63) is 64.1 Å². The number of carbonyl (C=O) groups excluding carboxylic acids is 2. The number of hydrogen-bond acceptors (Lipinski definition) is 2. The summed E-state index contributed by atoms with van der Waals surface area (Å²) in [6.07, 6.45) is 3.07. The summed E-state index contributed by atoms with van der Waals surface area (Å²) in [6.45, 7) is 2.63. The molecule has 4 nitrogen and oxygen atoms in total. The van der Waals surface area contributed by atoms with Crippen LogP contribution in [-0.4, -0.2) is 18.4 Å². The zero-order valence-corrected chi connectivity index (χ0v) is 15.9. The second-order valence-corrected chi connectivity index (χ2v) is 6.90. The van der Waals surface area contributed by atoms with Gasteiger partial charge in [-0.15, -0.1) is 0 Å². The highest BCUT2D eigenvalue weighted by Crippen LogP contribution is 2.11. The first kappa shape index (κ1) is 19.2. The molecule has 0 aliphatic carbocycles. The molecule has 0 saturated carbocycles. The standard InChI is InChI=1S/C20H23BrN2O2/c1-15-6-12-18(13-7-15)23-19(24)5-3-2-4-14-22-20(25)16-8-10-17(21)11-9-16/h6-13H,2-5,14H2,1H3,(H,22,25)(H,23,24). The largest absolute Gasteiger partial charge is 0.352 e. The van der Waals surface area contributed by atoms with E-state index < -0.39 is 0 Å². The first-order valence-corrected chi connectivity index (χ1v) is 9.24. The zero-order valence-electron chi connectivity index (χ0n) is 14.3. The van der Waals surface area contributed by atoms with Crippen LogP contribution in [-0.2, 0) is 4.79 Å². The number of nitrogens with one attached hydrogen (secondary N) is 2. The maximum atomic E-state index is 11.9. The van der Waals surface area contributed by atoms with Crippen LogP contribution in [0.2, 0.25) is 0 Å². The highest BCUT2D eigenvalue weighted by Gasteiger charge is 2.05. The molecule has 2 rings (SSSR count). The number of unbranched alkanes of at least 4 members (excludes halogenated alkanes) is 2. The molecule has 0 spiro atoms. The second-order valence-electron chi connectivity index (χ2n) is 5.99. The topological polar surface area (TPSA) is 58.2 Å². The normalized spacial score (nSPS) is 10.3. The Labute approximate surface area is 157 Å². The highest BCUT2D eigenvalue weighted by atomic mass is 79.9. The van der Waals surface area contributed by atoms with Gasteiger partial charge in [-0.3, -0.25) is 9.59 Å². The van der Waals surface area contributed by atoms with Crippen molar-refractivity contribution >= 4 is 33.4 Å². The van der Waals surface area contributed by atoms with Crippen molar-refractivity contribution < 1.29 is 9.59 Å². The van der Waals surface area contributed by atoms with Crippen LogP contribution in [0.1, 0.15) is 41.6 Å². The quantitative estimate of drug-likeness (QED) is 0.629. The number of benzene rings is 2. The van der Waals surface area contributed by atoms with E-state index in [0.717, 1.165) is 29.4 Å². The molecule has 2 aromatic carbocycles. The predicted molar refractivity (Wildman–Crippen MR) is 105 cm³/mol. The van der Waals surface area contributed by atoms with E-state index in [9.17, 15) is 9.59 Å². The number of amides is 2. The average Bonchev–Trinajstić information content (AvgIpc) is 2.60. The molecule has 0 aliphatic rings. The summed E-state index contributed by atoms with van der Waals surface area (Å²) in [7, 11) is 0. The van der Waals surface area contributed by atoms with Crippen LogP contribution in [0, 0.1) is 6.92 Å². The van der Waals surface area contributed by atoms with Crippen LogP contribution in [0.3, 0.4) is 0 Å². The third-order valence-electron chi connectivity index (χ3n) is 3.81. The van der Waals surface area contributed by atoms with E-state index in [2.05, 4.69) is 26.6 Å². The molecule has 0 radical (unpaired) electrons. The number of rotatable bonds is 8. The Kier molecular flexibility index (Phi) is 7.67. The minimum Gasteiger partial charge on any atom is -0.352 e. The lowest BCUT2D eigenvalue weighted by molar-refractivity contribution is -0.116. The molecule has 0 fully saturated rings. The minimum atomic E-state index is -0.0652. The summed E-state index contributed by atoms with van der Waals surface area (Å²) >= 11 is 3.35. The molecule has 25 heavy (non-hydrogen) atoms. The van der Waals surface area contributed by atoms with Gasteiger partial charge in [-0.1, -0.05) is 40.0 Å². The van der Waals surface area contributed by atoms with Crippen molar-refractivity contribution in [1.82, 2.24) is 5.32 Å². The third-order valence-corrected chi connectivity index (χ3v) is 4.34. The van der Waals surface area contributed by atoms with E-state index in [1.807, 2.05) is 43.3 Å². The Morgan fingerprint density at radius 3 is 2.28 bits per heavy atom. The van der Waals surface area contributed by atoms with Crippen molar-refractivity contribution in [3.63, 3.8) is 0 Å². The van der Waals surface area contributed by atoms with Gasteiger partial charge in [0.15, 0.2) is 0 Å². The fourth-order valence-electron chi connectivity index (χ4n) is 2.35. The Morgan fingerprint density at radius 1 is 0.920 bits per heavy atom. The molecule has 132 valence electrons. The van der Waals surface area contributed by atoms with Crippen LogP contribution in [0.4, 0.5) is 5.69 Å². The maximum Gasteiger partial charge on any atom is 0.251 e. The summed E-state index contributed by atoms with van der Waals surface area (Å²) in [5.41, 5.74) is 2.65. The van der Waals surface area contributed by atoms with E-state index in [1.165, 1.54) is 5.56 Å². The van der Waals surface area contributed by atoms with Gasteiger partial charge in [-0.25, -0.2) is 0 Å². The Bertz CT molecular complexity index is 697. The molecule has 2 aromatic rings. The Morgan fingerprint density at radius 2 is 1.60 bits per heavy atom. The molecule has 0 atom stereocenters. The first-order valence-electron chi connectivity index (χ1n) is 8.45. The molecule has 0 heterocycles. The summed E-state index contributed by atoms with van der Waals surface area (Å²) in [5, 5.41) is 5.79. The molecule has 0 bridgehead atoms. The lowest BCUT2D eigenvalue weighted by atomic mass is 10.1. The highest BCUT2D eigenvalue weighted by molar-refractivity contribution is 9.10. The van der Waals surface area contributed by atoms with Gasteiger partial charge < -0.3 is 10.6 Å². The SMILES string of the molecule is Cc1ccc(NC(=O)CCCCCNC(=O)c2ccc(Br)cc2)cc1. The van der Waals surface area contributed by atoms with Crippen molar-refractivity contribution in [2.24, 2.45) is 0 Å². The smallest absolute Gasteiger partial charge is 0.251 e. The van der Waals surface area contributed by atoms with E-state index in [-0.39, 0.29) is 11.8 Å². The van der Waals surface area contributed by atoms with Gasteiger partial charge in [0.25, 0.3) is 5.91 Å². The van der Waals surface area contributed by atoms with Crippen molar-refractivity contribution in [2.45, 2.75) is 32.6 Å². The van der Waals surface area contributed by atoms with Crippen molar-refractivity contribution in [3.8, 4) is 0 Å². The molecule has 0 aliphatic heterocycles. The molecule has 0 saturated heterocycles. The number of aryl methyl sites for hydroxylation is 1. The molecule has 2 N–H and O–H groups in total. The number of carbonyl (C=O) groups is 2. The van der Waals surface area contributed by atoms with Crippen LogP contribution in [0.15, 0.2) is 53.0 Å². The van der Waals surface area contributed by atoms with Crippen LogP contribution in [0.25, 0.3) is 0 Å². The van der Waals surface area contributed by atoms with Crippen molar-refractivity contribution in [1.29, 1.82) is 0 Å². The van der Waals surface area contributed by atoms with Gasteiger partial charge in [0.2, 0.25) is 5.91 Å². The molecule has 2 amide bonds. The minimum absolute atomic E-state index is 0.0303. The van der Waals surface area contributed by atoms with Crippen LogP contribution in [0.5, 0.6) is 0 Å². The summed E-state index contributed by atoms with van der Waals surface area (Å²) in [6, 6.07) is 15.0. The zero-order chi connectivity index (χ0) is 18.1. The van der Waals surface area contributed by atoms with Gasteiger partial charge in [-0.05, 0) is 56.2 Å². The van der Waals surface area contributed by atoms with Crippen molar-refractivity contribution in [2.75, 3.05) is 11.9 Å². The fourth-order valence-corrected chi connectivity index (χ4v) is 2.62. The molecule has 5 heteroatoms. The molecule has 0 aromatic heterocycles. The van der Waals surface area contributed by atoms with Gasteiger partial charge in [-0.2, -0.15) is 0 Å². The predicted octanol–water partition coefficient (Wildman–Crippen LogP) is 4.69. The van der Waals surface area contributed by atoms with Gasteiger partial charge >= 0.3 is 0 Å². The van der Waals surface area contributed by atoms with Gasteiger partial charge in [0.05, 0.1) is 0 Å². The average molecular weight is 403 g/mol.